The molecule has 0 bridgehead atoms. The zero-order valence-electron chi connectivity index (χ0n) is 10.1. The van der Waals surface area contributed by atoms with Crippen molar-refractivity contribution >= 4 is 21.9 Å². The Kier molecular flexibility index (Phi) is 4.26. The fourth-order valence-electron chi connectivity index (χ4n) is 1.69. The van der Waals surface area contributed by atoms with Crippen molar-refractivity contribution < 1.29 is 13.9 Å². The van der Waals surface area contributed by atoms with Gasteiger partial charge in [-0.25, -0.2) is 9.18 Å². The minimum Gasteiger partial charge on any atom is -0.461 e. The lowest BCUT2D eigenvalue weighted by molar-refractivity contribution is 0.0520. The molecule has 2 aromatic rings. The van der Waals surface area contributed by atoms with E-state index < -0.39 is 11.8 Å². The van der Waals surface area contributed by atoms with Crippen molar-refractivity contribution in [2.75, 3.05) is 6.61 Å². The molecule has 0 saturated carbocycles. The zero-order valence-corrected chi connectivity index (χ0v) is 11.7. The summed E-state index contributed by atoms with van der Waals surface area (Å²) >= 11 is 3.28. The van der Waals surface area contributed by atoms with Crippen LogP contribution in [0.3, 0.4) is 0 Å². The second-order valence-corrected chi connectivity index (χ2v) is 4.21. The van der Waals surface area contributed by atoms with E-state index in [2.05, 4.69) is 31.3 Å². The zero-order chi connectivity index (χ0) is 13.8. The van der Waals surface area contributed by atoms with Crippen LogP contribution in [-0.2, 0) is 10.1 Å². The highest BCUT2D eigenvalue weighted by Gasteiger charge is 2.23. The normalized spacial score (nSPS) is 10.5. The fraction of sp³-hybridized carbons (Fsp3) is 0.250. The summed E-state index contributed by atoms with van der Waals surface area (Å²) in [5.41, 5.74) is 1.07. The van der Waals surface area contributed by atoms with Gasteiger partial charge in [0, 0.05) is 10.9 Å². The smallest absolute Gasteiger partial charge is 0.361 e. The van der Waals surface area contributed by atoms with E-state index >= 15 is 0 Å². The number of nitrogens with one attached hydrogen (secondary N) is 1. The number of aromatic amines is 1. The van der Waals surface area contributed by atoms with Crippen molar-refractivity contribution in [2.24, 2.45) is 0 Å². The van der Waals surface area contributed by atoms with Crippen molar-refractivity contribution in [1.82, 2.24) is 15.4 Å². The summed E-state index contributed by atoms with van der Waals surface area (Å²) in [5, 5.41) is 10.4. The first kappa shape index (κ1) is 13.7. The molecule has 0 radical (unpaired) electrons. The van der Waals surface area contributed by atoms with Crippen molar-refractivity contribution in [3.05, 3.63) is 35.3 Å². The summed E-state index contributed by atoms with van der Waals surface area (Å²) in [5.74, 6) is -1.09. The molecule has 0 unspecified atom stereocenters. The van der Waals surface area contributed by atoms with Crippen molar-refractivity contribution in [2.45, 2.75) is 12.3 Å². The third-order valence-electron chi connectivity index (χ3n) is 2.50. The molecule has 1 aromatic heterocycles. The van der Waals surface area contributed by atoms with Gasteiger partial charge in [0.25, 0.3) is 0 Å². The molecule has 0 amide bonds. The van der Waals surface area contributed by atoms with Gasteiger partial charge in [0.2, 0.25) is 0 Å². The molecule has 0 atom stereocenters. The molecule has 0 aliphatic rings. The van der Waals surface area contributed by atoms with E-state index in [-0.39, 0.29) is 23.6 Å². The van der Waals surface area contributed by atoms with Crippen LogP contribution < -0.4 is 0 Å². The van der Waals surface area contributed by atoms with Crippen LogP contribution >= 0.6 is 15.9 Å². The summed E-state index contributed by atoms with van der Waals surface area (Å²) in [6.45, 7) is 1.90. The summed E-state index contributed by atoms with van der Waals surface area (Å²) in [4.78, 5) is 11.7. The third kappa shape index (κ3) is 2.65. The molecule has 100 valence electrons. The first-order valence-corrected chi connectivity index (χ1v) is 6.72. The van der Waals surface area contributed by atoms with E-state index in [0.29, 0.717) is 10.9 Å². The predicted molar refractivity (Wildman–Crippen MR) is 70.4 cm³/mol. The van der Waals surface area contributed by atoms with E-state index in [0.717, 1.165) is 0 Å². The fourth-order valence-corrected chi connectivity index (χ4v) is 2.16. The molecule has 2 rings (SSSR count). The van der Waals surface area contributed by atoms with Gasteiger partial charge < -0.3 is 4.74 Å². The number of hydrogen-bond acceptors (Lipinski definition) is 4. The first-order valence-electron chi connectivity index (χ1n) is 5.60. The Morgan fingerprint density at radius 3 is 2.95 bits per heavy atom. The standard InChI is InChI=1S/C12H11BrFN3O2/c1-2-19-12(18)11-10(15-17-16-11)9-7(6-13)4-3-5-8(9)14/h3-5H,2,6H2,1H3,(H,15,16,17). The lowest BCUT2D eigenvalue weighted by Gasteiger charge is -2.07. The molecule has 0 fully saturated rings. The number of esters is 1. The van der Waals surface area contributed by atoms with Gasteiger partial charge in [-0.15, -0.1) is 5.10 Å². The minimum atomic E-state index is -0.630. The van der Waals surface area contributed by atoms with Crippen molar-refractivity contribution in [3.8, 4) is 11.3 Å². The number of ether oxygens (including phenoxy) is 1. The molecular formula is C12H11BrFN3O2. The van der Waals surface area contributed by atoms with E-state index in [1.165, 1.54) is 6.07 Å². The number of benzene rings is 1. The van der Waals surface area contributed by atoms with E-state index in [1.807, 2.05) is 0 Å². The average Bonchev–Trinajstić information content (AvgIpc) is 2.87. The SMILES string of the molecule is CCOC(=O)c1n[nH]nc1-c1c(F)cccc1CBr. The molecular weight excluding hydrogens is 317 g/mol. The summed E-state index contributed by atoms with van der Waals surface area (Å²) < 4.78 is 18.8. The summed E-state index contributed by atoms with van der Waals surface area (Å²) in [6, 6.07) is 4.65. The highest BCUT2D eigenvalue weighted by molar-refractivity contribution is 9.08. The molecule has 19 heavy (non-hydrogen) atoms. The van der Waals surface area contributed by atoms with Gasteiger partial charge in [0.15, 0.2) is 5.69 Å². The number of carbonyl (C=O) groups is 1. The van der Waals surface area contributed by atoms with Gasteiger partial charge >= 0.3 is 5.97 Å². The van der Waals surface area contributed by atoms with Crippen LogP contribution in [0.2, 0.25) is 0 Å². The van der Waals surface area contributed by atoms with Gasteiger partial charge in [-0.1, -0.05) is 28.1 Å². The number of rotatable bonds is 4. The lowest BCUT2D eigenvalue weighted by atomic mass is 10.0. The molecule has 1 aromatic carbocycles. The van der Waals surface area contributed by atoms with E-state index in [1.54, 1.807) is 19.1 Å². The summed E-state index contributed by atoms with van der Waals surface area (Å²) in [6.07, 6.45) is 0. The Morgan fingerprint density at radius 2 is 2.26 bits per heavy atom. The Labute approximate surface area is 117 Å². The van der Waals surface area contributed by atoms with Gasteiger partial charge in [-0.2, -0.15) is 10.3 Å². The van der Waals surface area contributed by atoms with E-state index in [4.69, 9.17) is 4.74 Å². The maximum Gasteiger partial charge on any atom is 0.361 e. The molecule has 0 saturated heterocycles. The Hall–Kier alpha value is -1.76. The largest absolute Gasteiger partial charge is 0.461 e. The van der Waals surface area contributed by atoms with Crippen LogP contribution in [0.15, 0.2) is 18.2 Å². The van der Waals surface area contributed by atoms with Crippen LogP contribution in [0.4, 0.5) is 4.39 Å². The van der Waals surface area contributed by atoms with Crippen molar-refractivity contribution in [1.29, 1.82) is 0 Å². The van der Waals surface area contributed by atoms with Crippen LogP contribution in [0, 0.1) is 5.82 Å². The molecule has 0 aliphatic carbocycles. The monoisotopic (exact) mass is 327 g/mol. The summed E-state index contributed by atoms with van der Waals surface area (Å²) in [7, 11) is 0. The molecule has 1 heterocycles. The minimum absolute atomic E-state index is 0.0193. The van der Waals surface area contributed by atoms with E-state index in [9.17, 15) is 9.18 Å². The number of hydrogen-bond donors (Lipinski definition) is 1. The number of nitrogens with zero attached hydrogens (tertiary/aromatic N) is 2. The maximum absolute atomic E-state index is 14.0. The molecule has 5 nitrogen and oxygen atoms in total. The molecule has 1 N–H and O–H groups in total. The number of alkyl halides is 1. The predicted octanol–water partition coefficient (Wildman–Crippen LogP) is 2.68. The number of aromatic nitrogens is 3. The second-order valence-electron chi connectivity index (χ2n) is 3.65. The molecule has 7 heteroatoms. The Balaban J connectivity index is 2.54. The highest BCUT2D eigenvalue weighted by Crippen LogP contribution is 2.28. The van der Waals surface area contributed by atoms with Crippen LogP contribution in [0.1, 0.15) is 23.0 Å². The molecule has 0 aliphatic heterocycles. The van der Waals surface area contributed by atoms with Crippen molar-refractivity contribution in [3.63, 3.8) is 0 Å². The third-order valence-corrected chi connectivity index (χ3v) is 3.10. The van der Waals surface area contributed by atoms with Gasteiger partial charge in [0.1, 0.15) is 11.5 Å². The van der Waals surface area contributed by atoms with Gasteiger partial charge in [0.05, 0.1) is 6.61 Å². The maximum atomic E-state index is 14.0. The van der Waals surface area contributed by atoms with Crippen LogP contribution in [0.25, 0.3) is 11.3 Å². The second kappa shape index (κ2) is 5.92. The van der Waals surface area contributed by atoms with Crippen LogP contribution in [-0.4, -0.2) is 28.0 Å². The highest BCUT2D eigenvalue weighted by atomic mass is 79.9. The average molecular weight is 328 g/mol. The topological polar surface area (TPSA) is 67.9 Å². The van der Waals surface area contributed by atoms with Gasteiger partial charge in [-0.3, -0.25) is 0 Å². The number of H-pyrrole nitrogens is 1. The van der Waals surface area contributed by atoms with Crippen LogP contribution in [0.5, 0.6) is 0 Å². The Morgan fingerprint density at radius 1 is 1.47 bits per heavy atom. The number of carbonyl (C=O) groups excluding carboxylic acids is 1. The molecule has 0 spiro atoms. The number of halogens is 2. The first-order chi connectivity index (χ1) is 9.19. The van der Waals surface area contributed by atoms with Gasteiger partial charge in [-0.05, 0) is 18.6 Å². The quantitative estimate of drug-likeness (QED) is 0.692. The lowest BCUT2D eigenvalue weighted by Crippen LogP contribution is -2.07. The Bertz CT molecular complexity index is 600.